The Morgan fingerprint density at radius 2 is 1.90 bits per heavy atom. The van der Waals surface area contributed by atoms with E-state index < -0.39 is 0 Å². The van der Waals surface area contributed by atoms with Crippen molar-refractivity contribution in [2.45, 2.75) is 6.61 Å². The number of hydrogen-bond donors (Lipinski definition) is 1. The van der Waals surface area contributed by atoms with E-state index in [1.165, 1.54) is 6.21 Å². The molecule has 2 aromatic rings. The van der Waals surface area contributed by atoms with Crippen LogP contribution >= 0.6 is 50.7 Å². The summed E-state index contributed by atoms with van der Waals surface area (Å²) in [5.41, 5.74) is 1.44. The summed E-state index contributed by atoms with van der Waals surface area (Å²) < 4.78 is 6.34. The highest BCUT2D eigenvalue weighted by molar-refractivity contribution is 9.10. The lowest BCUT2D eigenvalue weighted by Gasteiger charge is -2.12. The van der Waals surface area contributed by atoms with E-state index in [1.54, 1.807) is 30.3 Å². The molecule has 0 radical (unpaired) electrons. The minimum absolute atomic E-state index is 0.252. The SMILES string of the molecule is O/N=C\c1cc(Cl)c(OCc2ccc(Cl)cc2Cl)c(Br)c1. The molecule has 2 rings (SSSR count). The summed E-state index contributed by atoms with van der Waals surface area (Å²) in [5.74, 6) is 0.484. The predicted molar refractivity (Wildman–Crippen MR) is 89.3 cm³/mol. The number of nitrogens with zero attached hydrogens (tertiary/aromatic N) is 1. The Hall–Kier alpha value is -0.940. The van der Waals surface area contributed by atoms with Gasteiger partial charge >= 0.3 is 0 Å². The Morgan fingerprint density at radius 1 is 1.14 bits per heavy atom. The predicted octanol–water partition coefficient (Wildman–Crippen LogP) is 5.80. The Morgan fingerprint density at radius 3 is 2.52 bits per heavy atom. The molecule has 0 fully saturated rings. The number of ether oxygens (including phenoxy) is 1. The maximum Gasteiger partial charge on any atom is 0.152 e. The summed E-state index contributed by atoms with van der Waals surface area (Å²) in [4.78, 5) is 0. The van der Waals surface area contributed by atoms with Crippen LogP contribution in [0.1, 0.15) is 11.1 Å². The highest BCUT2D eigenvalue weighted by Crippen LogP contribution is 2.35. The van der Waals surface area contributed by atoms with E-state index in [-0.39, 0.29) is 6.61 Å². The topological polar surface area (TPSA) is 41.8 Å². The van der Waals surface area contributed by atoms with Gasteiger partial charge in [0, 0.05) is 15.6 Å². The summed E-state index contributed by atoms with van der Waals surface area (Å²) in [6.45, 7) is 0.252. The molecule has 0 aliphatic carbocycles. The van der Waals surface area contributed by atoms with Crippen molar-refractivity contribution >= 4 is 56.9 Å². The molecule has 0 aromatic heterocycles. The van der Waals surface area contributed by atoms with Crippen molar-refractivity contribution in [3.63, 3.8) is 0 Å². The number of oxime groups is 1. The molecule has 0 spiro atoms. The van der Waals surface area contributed by atoms with Gasteiger partial charge in [0.05, 0.1) is 15.7 Å². The normalized spacial score (nSPS) is 11.0. The van der Waals surface area contributed by atoms with Crippen molar-refractivity contribution in [2.75, 3.05) is 0 Å². The van der Waals surface area contributed by atoms with Gasteiger partial charge in [0.1, 0.15) is 6.61 Å². The summed E-state index contributed by atoms with van der Waals surface area (Å²) >= 11 is 21.4. The van der Waals surface area contributed by atoms with Gasteiger partial charge in [-0.05, 0) is 45.8 Å². The van der Waals surface area contributed by atoms with Crippen LogP contribution < -0.4 is 4.74 Å². The molecule has 0 saturated carbocycles. The van der Waals surface area contributed by atoms with Crippen LogP contribution in [0.5, 0.6) is 5.75 Å². The monoisotopic (exact) mass is 407 g/mol. The molecule has 21 heavy (non-hydrogen) atoms. The molecule has 0 heterocycles. The van der Waals surface area contributed by atoms with E-state index in [9.17, 15) is 0 Å². The van der Waals surface area contributed by atoms with E-state index in [2.05, 4.69) is 21.1 Å². The van der Waals surface area contributed by atoms with Crippen molar-refractivity contribution in [3.8, 4) is 5.75 Å². The van der Waals surface area contributed by atoms with E-state index in [1.807, 2.05) is 0 Å². The molecular weight excluding hydrogens is 400 g/mol. The quantitative estimate of drug-likeness (QED) is 0.394. The molecular formula is C14H9BrCl3NO2. The average Bonchev–Trinajstić information content (AvgIpc) is 2.40. The molecule has 0 amide bonds. The first-order valence-electron chi connectivity index (χ1n) is 5.74. The molecule has 110 valence electrons. The highest BCUT2D eigenvalue weighted by atomic mass is 79.9. The maximum absolute atomic E-state index is 8.53. The second kappa shape index (κ2) is 7.36. The first kappa shape index (κ1) is 16.4. The Labute approximate surface area is 145 Å². The van der Waals surface area contributed by atoms with Crippen LogP contribution in [-0.4, -0.2) is 11.4 Å². The lowest BCUT2D eigenvalue weighted by atomic mass is 10.2. The summed E-state index contributed by atoms with van der Waals surface area (Å²) in [6, 6.07) is 8.54. The zero-order valence-electron chi connectivity index (χ0n) is 10.5. The molecule has 0 aliphatic heterocycles. The molecule has 3 nitrogen and oxygen atoms in total. The largest absolute Gasteiger partial charge is 0.486 e. The Kier molecular flexibility index (Phi) is 5.76. The van der Waals surface area contributed by atoms with Gasteiger partial charge in [-0.2, -0.15) is 0 Å². The maximum atomic E-state index is 8.53. The van der Waals surface area contributed by atoms with Crippen LogP contribution in [0.25, 0.3) is 0 Å². The second-order valence-electron chi connectivity index (χ2n) is 4.08. The highest BCUT2D eigenvalue weighted by Gasteiger charge is 2.10. The van der Waals surface area contributed by atoms with E-state index >= 15 is 0 Å². The van der Waals surface area contributed by atoms with Crippen LogP contribution in [0, 0.1) is 0 Å². The number of rotatable bonds is 4. The van der Waals surface area contributed by atoms with Gasteiger partial charge in [-0.3, -0.25) is 0 Å². The average molecular weight is 409 g/mol. The van der Waals surface area contributed by atoms with Gasteiger partial charge in [0.2, 0.25) is 0 Å². The molecule has 1 N–H and O–H groups in total. The third-order valence-corrected chi connectivity index (χ3v) is 4.07. The third-order valence-electron chi connectivity index (χ3n) is 2.61. The lowest BCUT2D eigenvalue weighted by Crippen LogP contribution is -1.98. The Bertz CT molecular complexity index is 669. The van der Waals surface area contributed by atoms with Crippen molar-refractivity contribution in [3.05, 3.63) is 61.0 Å². The number of halogens is 4. The van der Waals surface area contributed by atoms with Crippen molar-refractivity contribution in [1.29, 1.82) is 0 Å². The van der Waals surface area contributed by atoms with Gasteiger partial charge in [0.15, 0.2) is 5.75 Å². The second-order valence-corrected chi connectivity index (χ2v) is 6.19. The van der Waals surface area contributed by atoms with Crippen LogP contribution in [-0.2, 0) is 6.61 Å². The summed E-state index contributed by atoms with van der Waals surface area (Å²) in [5, 5.41) is 13.0. The van der Waals surface area contributed by atoms with E-state index in [0.717, 1.165) is 5.56 Å². The van der Waals surface area contributed by atoms with Crippen LogP contribution in [0.2, 0.25) is 15.1 Å². The molecule has 0 saturated heterocycles. The van der Waals surface area contributed by atoms with Crippen molar-refractivity contribution in [2.24, 2.45) is 5.16 Å². The van der Waals surface area contributed by atoms with Gasteiger partial charge in [-0.1, -0.05) is 46.0 Å². The van der Waals surface area contributed by atoms with Gasteiger partial charge in [-0.25, -0.2) is 0 Å². The number of benzene rings is 2. The smallest absolute Gasteiger partial charge is 0.152 e. The zero-order valence-corrected chi connectivity index (χ0v) is 14.3. The van der Waals surface area contributed by atoms with E-state index in [4.69, 9.17) is 44.7 Å². The molecule has 7 heteroatoms. The molecule has 0 bridgehead atoms. The molecule has 0 unspecified atom stereocenters. The van der Waals surface area contributed by atoms with Crippen molar-refractivity contribution < 1.29 is 9.94 Å². The molecule has 0 aliphatic rings. The first-order chi connectivity index (χ1) is 10.0. The van der Waals surface area contributed by atoms with Crippen LogP contribution in [0.4, 0.5) is 0 Å². The fraction of sp³-hybridized carbons (Fsp3) is 0.0714. The fourth-order valence-electron chi connectivity index (χ4n) is 1.65. The lowest BCUT2D eigenvalue weighted by molar-refractivity contribution is 0.304. The van der Waals surface area contributed by atoms with Gasteiger partial charge in [0.25, 0.3) is 0 Å². The minimum Gasteiger partial charge on any atom is -0.486 e. The van der Waals surface area contributed by atoms with Crippen LogP contribution in [0.3, 0.4) is 0 Å². The number of hydrogen-bond acceptors (Lipinski definition) is 3. The third kappa shape index (κ3) is 4.27. The Balaban J connectivity index is 2.20. The van der Waals surface area contributed by atoms with Gasteiger partial charge < -0.3 is 9.94 Å². The molecule has 2 aromatic carbocycles. The summed E-state index contributed by atoms with van der Waals surface area (Å²) in [6.07, 6.45) is 1.27. The standard InChI is InChI=1S/C14H9BrCl3NO2/c15-11-3-8(6-19-20)4-13(18)14(11)21-7-9-1-2-10(16)5-12(9)17/h1-6,20H,7H2/b19-6-. The van der Waals surface area contributed by atoms with Gasteiger partial charge in [-0.15, -0.1) is 0 Å². The summed E-state index contributed by atoms with van der Waals surface area (Å²) in [7, 11) is 0. The minimum atomic E-state index is 0.252. The van der Waals surface area contributed by atoms with E-state index in [0.29, 0.717) is 30.9 Å². The molecule has 0 atom stereocenters. The van der Waals surface area contributed by atoms with Crippen LogP contribution in [0.15, 0.2) is 40.0 Å². The fourth-order valence-corrected chi connectivity index (χ4v) is 3.10. The zero-order chi connectivity index (χ0) is 15.4. The first-order valence-corrected chi connectivity index (χ1v) is 7.67. The van der Waals surface area contributed by atoms with Crippen molar-refractivity contribution in [1.82, 2.24) is 0 Å².